The van der Waals surface area contributed by atoms with Crippen LogP contribution in [0.3, 0.4) is 0 Å². The van der Waals surface area contributed by atoms with Crippen LogP contribution < -0.4 is 15.4 Å². The third-order valence-electron chi connectivity index (χ3n) is 5.37. The van der Waals surface area contributed by atoms with Gasteiger partial charge >= 0.3 is 6.01 Å². The van der Waals surface area contributed by atoms with Crippen molar-refractivity contribution in [1.29, 1.82) is 0 Å². The SMILES string of the molecule is CC(C)c1noc(N2CCC(N(C)CCOc3ccc(CCN)cc3)CC2)n1. The Hall–Kier alpha value is -2.12. The lowest BCUT2D eigenvalue weighted by Gasteiger charge is -2.35. The Morgan fingerprint density at radius 2 is 1.96 bits per heavy atom. The van der Waals surface area contributed by atoms with Gasteiger partial charge in [-0.3, -0.25) is 4.90 Å². The van der Waals surface area contributed by atoms with Crippen molar-refractivity contribution >= 4 is 6.01 Å². The molecule has 0 aliphatic carbocycles. The molecule has 1 saturated heterocycles. The highest BCUT2D eigenvalue weighted by Crippen LogP contribution is 2.22. The predicted octanol–water partition coefficient (Wildman–Crippen LogP) is 2.67. The number of piperidine rings is 1. The molecule has 1 aliphatic heterocycles. The second-order valence-electron chi connectivity index (χ2n) is 7.82. The van der Waals surface area contributed by atoms with Crippen molar-refractivity contribution in [3.8, 4) is 5.75 Å². The van der Waals surface area contributed by atoms with E-state index < -0.39 is 0 Å². The molecule has 0 spiro atoms. The molecule has 154 valence electrons. The normalized spacial score (nSPS) is 15.6. The fraction of sp³-hybridized carbons (Fsp3) is 0.619. The molecule has 2 heterocycles. The highest BCUT2D eigenvalue weighted by molar-refractivity contribution is 5.28. The van der Waals surface area contributed by atoms with Gasteiger partial charge in [0.25, 0.3) is 0 Å². The van der Waals surface area contributed by atoms with Gasteiger partial charge in [-0.15, -0.1) is 0 Å². The summed E-state index contributed by atoms with van der Waals surface area (Å²) < 4.78 is 11.3. The minimum atomic E-state index is 0.290. The van der Waals surface area contributed by atoms with Crippen LogP contribution in [0.15, 0.2) is 28.8 Å². The predicted molar refractivity (Wildman–Crippen MR) is 111 cm³/mol. The molecule has 7 nitrogen and oxygen atoms in total. The fourth-order valence-electron chi connectivity index (χ4n) is 3.50. The zero-order chi connectivity index (χ0) is 19.9. The first-order valence-electron chi connectivity index (χ1n) is 10.3. The molecule has 0 bridgehead atoms. The summed E-state index contributed by atoms with van der Waals surface area (Å²) in [6.45, 7) is 8.31. The Labute approximate surface area is 167 Å². The third kappa shape index (κ3) is 5.45. The average Bonchev–Trinajstić information content (AvgIpc) is 3.20. The van der Waals surface area contributed by atoms with Crippen LogP contribution in [0.1, 0.15) is 44.0 Å². The summed E-state index contributed by atoms with van der Waals surface area (Å²) in [5.74, 6) is 1.99. The Bertz CT molecular complexity index is 708. The molecule has 1 fully saturated rings. The summed E-state index contributed by atoms with van der Waals surface area (Å²) in [5, 5.41) is 4.07. The maximum absolute atomic E-state index is 5.90. The highest BCUT2D eigenvalue weighted by atomic mass is 16.5. The number of benzene rings is 1. The highest BCUT2D eigenvalue weighted by Gasteiger charge is 2.25. The van der Waals surface area contributed by atoms with E-state index in [1.807, 2.05) is 12.1 Å². The molecule has 0 atom stereocenters. The van der Waals surface area contributed by atoms with Gasteiger partial charge in [0.05, 0.1) is 0 Å². The number of likely N-dealkylation sites (N-methyl/N-ethyl adjacent to an activating group) is 1. The largest absolute Gasteiger partial charge is 0.492 e. The van der Waals surface area contributed by atoms with Crippen LogP contribution in [0.4, 0.5) is 6.01 Å². The first kappa shape index (κ1) is 20.6. The third-order valence-corrected chi connectivity index (χ3v) is 5.37. The van der Waals surface area contributed by atoms with Crippen molar-refractivity contribution in [2.45, 2.75) is 45.1 Å². The van der Waals surface area contributed by atoms with Gasteiger partial charge in [-0.05, 0) is 50.6 Å². The molecule has 7 heteroatoms. The Morgan fingerprint density at radius 3 is 2.57 bits per heavy atom. The van der Waals surface area contributed by atoms with E-state index in [0.717, 1.165) is 50.5 Å². The number of ether oxygens (including phenoxy) is 1. The zero-order valence-corrected chi connectivity index (χ0v) is 17.3. The quantitative estimate of drug-likeness (QED) is 0.708. The smallest absolute Gasteiger partial charge is 0.324 e. The number of aromatic nitrogens is 2. The molecule has 0 radical (unpaired) electrons. The average molecular weight is 388 g/mol. The summed E-state index contributed by atoms with van der Waals surface area (Å²) in [6.07, 6.45) is 3.08. The van der Waals surface area contributed by atoms with Gasteiger partial charge in [0.2, 0.25) is 0 Å². The molecule has 1 aromatic carbocycles. The maximum atomic E-state index is 5.90. The van der Waals surface area contributed by atoms with Crippen molar-refractivity contribution < 1.29 is 9.26 Å². The van der Waals surface area contributed by atoms with Gasteiger partial charge in [0.1, 0.15) is 12.4 Å². The van der Waals surface area contributed by atoms with Crippen LogP contribution in [0.5, 0.6) is 5.75 Å². The summed E-state index contributed by atoms with van der Waals surface area (Å²) in [4.78, 5) is 9.11. The van der Waals surface area contributed by atoms with E-state index in [9.17, 15) is 0 Å². The molecule has 0 unspecified atom stereocenters. The van der Waals surface area contributed by atoms with Crippen molar-refractivity contribution in [3.63, 3.8) is 0 Å². The number of hydrogen-bond acceptors (Lipinski definition) is 7. The number of nitrogens with zero attached hydrogens (tertiary/aromatic N) is 4. The lowest BCUT2D eigenvalue weighted by molar-refractivity contribution is 0.169. The summed E-state index contributed by atoms with van der Waals surface area (Å²) in [6, 6.07) is 9.44. The van der Waals surface area contributed by atoms with Gasteiger partial charge in [-0.25, -0.2) is 0 Å². The van der Waals surface area contributed by atoms with Crippen molar-refractivity contribution in [2.75, 3.05) is 44.7 Å². The number of rotatable bonds is 9. The number of nitrogens with two attached hydrogens (primary N) is 1. The van der Waals surface area contributed by atoms with Gasteiger partial charge in [0, 0.05) is 31.6 Å². The Balaban J connectivity index is 1.39. The molecule has 2 aromatic rings. The molecule has 0 saturated carbocycles. The summed E-state index contributed by atoms with van der Waals surface area (Å²) in [5.41, 5.74) is 6.84. The monoisotopic (exact) mass is 387 g/mol. The molecule has 1 aliphatic rings. The van der Waals surface area contributed by atoms with E-state index >= 15 is 0 Å². The summed E-state index contributed by atoms with van der Waals surface area (Å²) >= 11 is 0. The number of anilines is 1. The lowest BCUT2D eigenvalue weighted by atomic mass is 10.0. The Kier molecular flexibility index (Phi) is 7.28. The number of hydrogen-bond donors (Lipinski definition) is 1. The van der Waals surface area contributed by atoms with E-state index in [1.54, 1.807) is 0 Å². The molecule has 1 aromatic heterocycles. The van der Waals surface area contributed by atoms with Crippen LogP contribution in [0.2, 0.25) is 0 Å². The lowest BCUT2D eigenvalue weighted by Crippen LogP contribution is -2.44. The topological polar surface area (TPSA) is 80.7 Å². The molecule has 0 amide bonds. The van der Waals surface area contributed by atoms with Gasteiger partial charge in [-0.1, -0.05) is 31.1 Å². The van der Waals surface area contributed by atoms with Crippen molar-refractivity contribution in [1.82, 2.24) is 15.0 Å². The van der Waals surface area contributed by atoms with E-state index in [2.05, 4.69) is 53.0 Å². The van der Waals surface area contributed by atoms with Gasteiger partial charge < -0.3 is 19.9 Å². The standard InChI is InChI=1S/C21H33N5O2/c1-16(2)20-23-21(28-24-20)26-12-9-18(10-13-26)25(3)14-15-27-19-6-4-17(5-7-19)8-11-22/h4-7,16,18H,8-15,22H2,1-3H3. The molecular weight excluding hydrogens is 354 g/mol. The van der Waals surface area contributed by atoms with E-state index in [0.29, 0.717) is 25.2 Å². The second-order valence-corrected chi connectivity index (χ2v) is 7.82. The first-order valence-corrected chi connectivity index (χ1v) is 10.3. The van der Waals surface area contributed by atoms with Crippen LogP contribution in [-0.4, -0.2) is 60.9 Å². The van der Waals surface area contributed by atoms with Gasteiger partial charge in [0.15, 0.2) is 5.82 Å². The van der Waals surface area contributed by atoms with Crippen LogP contribution in [-0.2, 0) is 6.42 Å². The van der Waals surface area contributed by atoms with Gasteiger partial charge in [-0.2, -0.15) is 4.98 Å². The molecule has 28 heavy (non-hydrogen) atoms. The van der Waals surface area contributed by atoms with Crippen molar-refractivity contribution in [3.05, 3.63) is 35.7 Å². The molecule has 3 rings (SSSR count). The van der Waals surface area contributed by atoms with Crippen LogP contribution in [0.25, 0.3) is 0 Å². The first-order chi connectivity index (χ1) is 13.6. The van der Waals surface area contributed by atoms with E-state index in [1.165, 1.54) is 5.56 Å². The minimum absolute atomic E-state index is 0.290. The fourth-order valence-corrected chi connectivity index (χ4v) is 3.50. The minimum Gasteiger partial charge on any atom is -0.492 e. The van der Waals surface area contributed by atoms with Crippen LogP contribution >= 0.6 is 0 Å². The molecular formula is C21H33N5O2. The van der Waals surface area contributed by atoms with E-state index in [-0.39, 0.29) is 5.92 Å². The van der Waals surface area contributed by atoms with E-state index in [4.69, 9.17) is 15.0 Å². The Morgan fingerprint density at radius 1 is 1.25 bits per heavy atom. The zero-order valence-electron chi connectivity index (χ0n) is 17.3. The second kappa shape index (κ2) is 9.89. The summed E-state index contributed by atoms with van der Waals surface area (Å²) in [7, 11) is 2.18. The molecule has 2 N–H and O–H groups in total. The maximum Gasteiger partial charge on any atom is 0.324 e. The van der Waals surface area contributed by atoms with Crippen molar-refractivity contribution in [2.24, 2.45) is 5.73 Å². The van der Waals surface area contributed by atoms with Crippen LogP contribution in [0, 0.1) is 0 Å².